The highest BCUT2D eigenvalue weighted by molar-refractivity contribution is 7.80. The van der Waals surface area contributed by atoms with E-state index in [0.29, 0.717) is 23.1 Å². The van der Waals surface area contributed by atoms with Crippen LogP contribution in [0.1, 0.15) is 53.6 Å². The summed E-state index contributed by atoms with van der Waals surface area (Å²) in [5.41, 5.74) is 7.52. The summed E-state index contributed by atoms with van der Waals surface area (Å²) in [7, 11) is 1.59. The molecule has 0 aliphatic carbocycles. The monoisotopic (exact) mass is 553 g/mol. The predicted molar refractivity (Wildman–Crippen MR) is 163 cm³/mol. The van der Waals surface area contributed by atoms with Gasteiger partial charge in [0.2, 0.25) is 5.91 Å². The molecular weight excluding hydrogens is 518 g/mol. The molecule has 0 radical (unpaired) electrons. The Hall–Kier alpha value is -4.17. The zero-order chi connectivity index (χ0) is 28.2. The number of benzene rings is 2. The first-order chi connectivity index (χ1) is 19.4. The van der Waals surface area contributed by atoms with E-state index in [0.717, 1.165) is 29.1 Å². The number of para-hydroxylation sites is 3. The maximum atomic E-state index is 13.0. The average molecular weight is 554 g/mol. The van der Waals surface area contributed by atoms with Crippen molar-refractivity contribution in [3.05, 3.63) is 107 Å². The van der Waals surface area contributed by atoms with Crippen molar-refractivity contribution in [1.82, 2.24) is 19.8 Å². The maximum absolute atomic E-state index is 13.0. The first kappa shape index (κ1) is 27.4. The number of carbonyl (C=O) groups excluding carboxylic acids is 1. The number of rotatable bonds is 9. The second kappa shape index (κ2) is 11.9. The Kier molecular flexibility index (Phi) is 8.16. The van der Waals surface area contributed by atoms with Gasteiger partial charge in [-0.2, -0.15) is 0 Å². The number of thiocarbonyl (C=S) groups is 1. The van der Waals surface area contributed by atoms with Gasteiger partial charge in [0.25, 0.3) is 0 Å². The van der Waals surface area contributed by atoms with Gasteiger partial charge in [0, 0.05) is 36.2 Å². The summed E-state index contributed by atoms with van der Waals surface area (Å²) in [5, 5.41) is 7.11. The molecule has 0 bridgehead atoms. The van der Waals surface area contributed by atoms with Crippen LogP contribution < -0.4 is 15.4 Å². The zero-order valence-corrected chi connectivity index (χ0v) is 24.2. The minimum atomic E-state index is -0.152. The first-order valence-corrected chi connectivity index (χ1v) is 14.0. The highest BCUT2D eigenvalue weighted by Crippen LogP contribution is 2.41. The molecule has 7 nitrogen and oxygen atoms in total. The molecule has 0 saturated carbocycles. The molecule has 206 valence electrons. The number of nitrogens with one attached hydrogen (secondary N) is 2. The molecule has 1 saturated heterocycles. The Balaban J connectivity index is 1.48. The lowest BCUT2D eigenvalue weighted by Crippen LogP contribution is -2.33. The van der Waals surface area contributed by atoms with E-state index in [4.69, 9.17) is 17.0 Å². The molecule has 3 heterocycles. The van der Waals surface area contributed by atoms with Crippen LogP contribution >= 0.6 is 12.2 Å². The number of amides is 1. The summed E-state index contributed by atoms with van der Waals surface area (Å²) in [6.07, 6.45) is 3.02. The summed E-state index contributed by atoms with van der Waals surface area (Å²) in [6.45, 7) is 6.95. The lowest BCUT2D eigenvalue weighted by atomic mass is 9.96. The fraction of sp³-hybridized carbons (Fsp3) is 0.281. The van der Waals surface area contributed by atoms with Crippen molar-refractivity contribution in [1.29, 1.82) is 0 Å². The number of aromatic nitrogens is 2. The van der Waals surface area contributed by atoms with Crippen molar-refractivity contribution in [2.75, 3.05) is 19.0 Å². The summed E-state index contributed by atoms with van der Waals surface area (Å²) in [5.74, 6) is 0.525. The number of hydrogen-bond donors (Lipinski definition) is 2. The molecule has 1 amide bonds. The van der Waals surface area contributed by atoms with Crippen molar-refractivity contribution in [3.63, 3.8) is 0 Å². The van der Waals surface area contributed by atoms with E-state index in [2.05, 4.69) is 76.2 Å². The van der Waals surface area contributed by atoms with Gasteiger partial charge in [0.1, 0.15) is 5.75 Å². The first-order valence-electron chi connectivity index (χ1n) is 13.6. The Morgan fingerprint density at radius 3 is 2.58 bits per heavy atom. The van der Waals surface area contributed by atoms with Crippen LogP contribution in [0.2, 0.25) is 0 Å². The SMILES string of the molecule is CCc1ccccc1-n1c(C)cc([C@@H]2[C@@H](c3ccccn3)NC(=S)N2CCC(=O)Nc2ccccc2OC)c1C. The molecule has 0 spiro atoms. The largest absolute Gasteiger partial charge is 0.495 e. The van der Waals surface area contributed by atoms with Crippen molar-refractivity contribution in [2.24, 2.45) is 0 Å². The van der Waals surface area contributed by atoms with Crippen molar-refractivity contribution >= 4 is 28.9 Å². The number of aryl methyl sites for hydroxylation is 2. The van der Waals surface area contributed by atoms with Crippen LogP contribution in [0, 0.1) is 13.8 Å². The summed E-state index contributed by atoms with van der Waals surface area (Å²) >= 11 is 5.86. The number of anilines is 1. The third-order valence-electron chi connectivity index (χ3n) is 7.56. The molecule has 40 heavy (non-hydrogen) atoms. The van der Waals surface area contributed by atoms with Crippen LogP contribution in [0.25, 0.3) is 5.69 Å². The van der Waals surface area contributed by atoms with E-state index in [1.807, 2.05) is 42.5 Å². The van der Waals surface area contributed by atoms with E-state index in [1.165, 1.54) is 11.3 Å². The van der Waals surface area contributed by atoms with Gasteiger partial charge in [0.05, 0.1) is 30.6 Å². The van der Waals surface area contributed by atoms with Gasteiger partial charge in [-0.05, 0) is 80.0 Å². The third kappa shape index (κ3) is 5.31. The van der Waals surface area contributed by atoms with Gasteiger partial charge < -0.3 is 24.8 Å². The molecule has 5 rings (SSSR count). The van der Waals surface area contributed by atoms with Gasteiger partial charge >= 0.3 is 0 Å². The zero-order valence-electron chi connectivity index (χ0n) is 23.3. The number of methoxy groups -OCH3 is 1. The fourth-order valence-electron chi connectivity index (χ4n) is 5.65. The molecule has 4 aromatic rings. The van der Waals surface area contributed by atoms with E-state index < -0.39 is 0 Å². The highest BCUT2D eigenvalue weighted by Gasteiger charge is 2.41. The molecule has 1 fully saturated rings. The second-order valence-corrected chi connectivity index (χ2v) is 10.3. The molecular formula is C32H35N5O2S. The van der Waals surface area contributed by atoms with E-state index in [1.54, 1.807) is 13.3 Å². The molecule has 2 aromatic heterocycles. The smallest absolute Gasteiger partial charge is 0.226 e. The van der Waals surface area contributed by atoms with Crippen molar-refractivity contribution in [3.8, 4) is 11.4 Å². The summed E-state index contributed by atoms with van der Waals surface area (Å²) < 4.78 is 7.72. The number of carbonyl (C=O) groups is 1. The topological polar surface area (TPSA) is 71.4 Å². The Labute approximate surface area is 241 Å². The molecule has 0 unspecified atom stereocenters. The summed E-state index contributed by atoms with van der Waals surface area (Å²) in [4.78, 5) is 19.9. The van der Waals surface area contributed by atoms with Crippen LogP contribution in [0.5, 0.6) is 5.75 Å². The van der Waals surface area contributed by atoms with E-state index >= 15 is 0 Å². The van der Waals surface area contributed by atoms with Gasteiger partial charge in [-0.25, -0.2) is 0 Å². The molecule has 8 heteroatoms. The van der Waals surface area contributed by atoms with Gasteiger partial charge in [0.15, 0.2) is 5.11 Å². The molecule has 1 aliphatic rings. The normalized spacial score (nSPS) is 16.6. The third-order valence-corrected chi connectivity index (χ3v) is 7.91. The highest BCUT2D eigenvalue weighted by atomic mass is 32.1. The molecule has 2 atom stereocenters. The van der Waals surface area contributed by atoms with Crippen LogP contribution in [0.15, 0.2) is 79.0 Å². The number of pyridine rings is 1. The predicted octanol–water partition coefficient (Wildman–Crippen LogP) is 6.06. The van der Waals surface area contributed by atoms with Crippen molar-refractivity contribution < 1.29 is 9.53 Å². The Bertz CT molecular complexity index is 1520. The van der Waals surface area contributed by atoms with Crippen molar-refractivity contribution in [2.45, 2.75) is 45.7 Å². The molecule has 2 N–H and O–H groups in total. The molecule has 2 aromatic carbocycles. The van der Waals surface area contributed by atoms with Crippen LogP contribution in [0.4, 0.5) is 5.69 Å². The standard InChI is InChI=1S/C32H35N5O2S/c1-5-23-12-6-8-15-27(23)37-21(2)20-24(22(37)3)31-30(26-14-10-11-18-33-26)35-32(40)36(31)19-17-29(38)34-25-13-7-9-16-28(25)39-4/h6-16,18,20,30-31H,5,17,19H2,1-4H3,(H,34,38)(H,35,40)/t30-,31-/m1/s1. The minimum absolute atomic E-state index is 0.102. The maximum Gasteiger partial charge on any atom is 0.226 e. The Morgan fingerprint density at radius 1 is 1.07 bits per heavy atom. The molecule has 1 aliphatic heterocycles. The van der Waals surface area contributed by atoms with Crippen LogP contribution in [-0.2, 0) is 11.2 Å². The second-order valence-electron chi connectivity index (χ2n) is 9.96. The summed E-state index contributed by atoms with van der Waals surface area (Å²) in [6, 6.07) is 23.9. The lowest BCUT2D eigenvalue weighted by molar-refractivity contribution is -0.116. The number of hydrogen-bond acceptors (Lipinski definition) is 4. The quantitative estimate of drug-likeness (QED) is 0.246. The fourth-order valence-corrected chi connectivity index (χ4v) is 5.98. The van der Waals surface area contributed by atoms with Gasteiger partial charge in [-0.3, -0.25) is 9.78 Å². The van der Waals surface area contributed by atoms with E-state index in [9.17, 15) is 4.79 Å². The van der Waals surface area contributed by atoms with Gasteiger partial charge in [-0.15, -0.1) is 0 Å². The number of ether oxygens (including phenoxy) is 1. The van der Waals surface area contributed by atoms with E-state index in [-0.39, 0.29) is 24.4 Å². The minimum Gasteiger partial charge on any atom is -0.495 e. The number of nitrogens with zero attached hydrogens (tertiary/aromatic N) is 3. The van der Waals surface area contributed by atoms with Crippen LogP contribution in [-0.4, -0.2) is 39.1 Å². The van der Waals surface area contributed by atoms with Crippen LogP contribution in [0.3, 0.4) is 0 Å². The lowest BCUT2D eigenvalue weighted by Gasteiger charge is -2.28. The Morgan fingerprint density at radius 2 is 1.82 bits per heavy atom. The average Bonchev–Trinajstić information content (AvgIpc) is 3.46. The van der Waals surface area contributed by atoms with Gasteiger partial charge in [-0.1, -0.05) is 43.3 Å².